The summed E-state index contributed by atoms with van der Waals surface area (Å²) in [5.74, 6) is 1.36. The molecule has 0 saturated heterocycles. The van der Waals surface area contributed by atoms with Gasteiger partial charge in [-0.1, -0.05) is 123 Å². The summed E-state index contributed by atoms with van der Waals surface area (Å²) in [5, 5.41) is 10.3. The molecule has 0 bridgehead atoms. The lowest BCUT2D eigenvalue weighted by Crippen LogP contribution is -2.06. The van der Waals surface area contributed by atoms with Crippen molar-refractivity contribution < 1.29 is 5.11 Å². The van der Waals surface area contributed by atoms with Crippen molar-refractivity contribution in [2.45, 2.75) is 45.4 Å². The van der Waals surface area contributed by atoms with Crippen LogP contribution in [-0.2, 0) is 6.42 Å². The van der Waals surface area contributed by atoms with Crippen molar-refractivity contribution >= 4 is 12.2 Å². The molecule has 0 fully saturated rings. The maximum absolute atomic E-state index is 10.3. The van der Waals surface area contributed by atoms with Crippen LogP contribution in [0.3, 0.4) is 0 Å². The number of rotatable bonds is 12. The molecule has 0 aliphatic rings. The number of unbranched alkanes of at least 4 members (excludes halogenated alkanes) is 1. The Bertz CT molecular complexity index is 956. The Balaban J connectivity index is 1.71. The van der Waals surface area contributed by atoms with Gasteiger partial charge in [-0.05, 0) is 60.3 Å². The number of hydrogen-bond acceptors (Lipinski definition) is 1. The molecule has 0 aliphatic heterocycles. The zero-order valence-electron chi connectivity index (χ0n) is 19.2. The monoisotopic (exact) mass is 424 g/mol. The van der Waals surface area contributed by atoms with Gasteiger partial charge in [0.2, 0.25) is 0 Å². The predicted octanol–water partition coefficient (Wildman–Crippen LogP) is 8.56. The van der Waals surface area contributed by atoms with Gasteiger partial charge < -0.3 is 5.11 Å². The summed E-state index contributed by atoms with van der Waals surface area (Å²) in [5.41, 5.74) is 3.52. The fourth-order valence-corrected chi connectivity index (χ4v) is 4.09. The van der Waals surface area contributed by atoms with Gasteiger partial charge in [0.05, 0.1) is 0 Å². The van der Waals surface area contributed by atoms with Crippen LogP contribution in [0.2, 0.25) is 0 Å². The van der Waals surface area contributed by atoms with Gasteiger partial charge >= 0.3 is 0 Å². The summed E-state index contributed by atoms with van der Waals surface area (Å²) >= 11 is 0. The molecule has 2 atom stereocenters. The molecule has 0 radical (unpaired) electrons. The van der Waals surface area contributed by atoms with E-state index in [1.807, 2.05) is 24.3 Å². The first-order valence-corrected chi connectivity index (χ1v) is 12.0. The Morgan fingerprint density at radius 1 is 0.656 bits per heavy atom. The number of benzene rings is 3. The lowest BCUT2D eigenvalue weighted by Gasteiger charge is -2.18. The van der Waals surface area contributed by atoms with Gasteiger partial charge in [-0.3, -0.25) is 0 Å². The molecule has 3 rings (SSSR count). The van der Waals surface area contributed by atoms with E-state index in [1.54, 1.807) is 6.07 Å². The molecular weight excluding hydrogens is 388 g/mol. The SMILES string of the molecule is CCCCC(/C=C/c1ccccc1)CCC(/C=C/c1ccccc1)Cc1ccccc1O. The molecule has 0 amide bonds. The van der Waals surface area contributed by atoms with E-state index in [1.165, 1.54) is 30.4 Å². The van der Waals surface area contributed by atoms with E-state index in [4.69, 9.17) is 0 Å². The van der Waals surface area contributed by atoms with Gasteiger partial charge in [-0.15, -0.1) is 0 Å². The van der Waals surface area contributed by atoms with E-state index in [2.05, 4.69) is 85.8 Å². The van der Waals surface area contributed by atoms with Crippen LogP contribution in [0.1, 0.15) is 55.7 Å². The Hall–Kier alpha value is -3.06. The number of aromatic hydroxyl groups is 1. The molecule has 1 nitrogen and oxygen atoms in total. The summed E-state index contributed by atoms with van der Waals surface area (Å²) in [7, 11) is 0. The molecular formula is C31H36O. The third-order valence-electron chi connectivity index (χ3n) is 6.03. The van der Waals surface area contributed by atoms with Gasteiger partial charge in [0.1, 0.15) is 5.75 Å². The Kier molecular flexibility index (Phi) is 9.86. The molecule has 0 heterocycles. The second kappa shape index (κ2) is 13.4. The third-order valence-corrected chi connectivity index (χ3v) is 6.03. The van der Waals surface area contributed by atoms with E-state index < -0.39 is 0 Å². The zero-order valence-corrected chi connectivity index (χ0v) is 19.2. The van der Waals surface area contributed by atoms with Gasteiger partial charge in [0, 0.05) is 0 Å². The third kappa shape index (κ3) is 8.23. The first-order valence-electron chi connectivity index (χ1n) is 12.0. The Morgan fingerprint density at radius 2 is 1.19 bits per heavy atom. The summed E-state index contributed by atoms with van der Waals surface area (Å²) < 4.78 is 0. The molecule has 2 unspecified atom stereocenters. The average molecular weight is 425 g/mol. The van der Waals surface area contributed by atoms with E-state index in [0.29, 0.717) is 17.6 Å². The first kappa shape index (κ1) is 23.6. The number of allylic oxidation sites excluding steroid dienone is 2. The standard InChI is InChI=1S/C31H36O/c1-2-3-12-28(20-19-26-13-6-4-7-14-26)22-24-29(23-21-27-15-8-5-9-16-27)25-30-17-10-11-18-31(30)32/h4-11,13-21,23,28-29,32H,2-3,12,22,24-25H2,1H3/b20-19+,23-21+. The van der Waals surface area contributed by atoms with Crippen LogP contribution >= 0.6 is 0 Å². The topological polar surface area (TPSA) is 20.2 Å². The van der Waals surface area contributed by atoms with Gasteiger partial charge in [-0.2, -0.15) is 0 Å². The average Bonchev–Trinajstić information content (AvgIpc) is 2.84. The summed E-state index contributed by atoms with van der Waals surface area (Å²) in [4.78, 5) is 0. The second-order valence-electron chi connectivity index (χ2n) is 8.61. The Labute approximate surface area is 194 Å². The van der Waals surface area contributed by atoms with Crippen molar-refractivity contribution in [3.05, 3.63) is 114 Å². The van der Waals surface area contributed by atoms with Crippen LogP contribution in [0.15, 0.2) is 97.1 Å². The second-order valence-corrected chi connectivity index (χ2v) is 8.61. The summed E-state index contributed by atoms with van der Waals surface area (Å²) in [6.07, 6.45) is 16.1. The lowest BCUT2D eigenvalue weighted by molar-refractivity contribution is 0.439. The van der Waals surface area contributed by atoms with Gasteiger partial charge in [-0.25, -0.2) is 0 Å². The van der Waals surface area contributed by atoms with Gasteiger partial charge in [0.25, 0.3) is 0 Å². The highest BCUT2D eigenvalue weighted by molar-refractivity contribution is 5.50. The maximum atomic E-state index is 10.3. The molecule has 3 aromatic carbocycles. The van der Waals surface area contributed by atoms with Crippen LogP contribution in [-0.4, -0.2) is 5.11 Å². The van der Waals surface area contributed by atoms with Crippen molar-refractivity contribution in [3.8, 4) is 5.75 Å². The highest BCUT2D eigenvalue weighted by Gasteiger charge is 2.13. The quantitative estimate of drug-likeness (QED) is 0.309. The van der Waals surface area contributed by atoms with Crippen LogP contribution in [0.4, 0.5) is 0 Å². The smallest absolute Gasteiger partial charge is 0.118 e. The molecule has 0 aromatic heterocycles. The highest BCUT2D eigenvalue weighted by atomic mass is 16.3. The minimum absolute atomic E-state index is 0.387. The number of para-hydroxylation sites is 1. The minimum Gasteiger partial charge on any atom is -0.508 e. The van der Waals surface area contributed by atoms with Crippen LogP contribution in [0, 0.1) is 11.8 Å². The molecule has 0 spiro atoms. The van der Waals surface area contributed by atoms with E-state index in [9.17, 15) is 5.11 Å². The van der Waals surface area contributed by atoms with Crippen molar-refractivity contribution in [2.75, 3.05) is 0 Å². The van der Waals surface area contributed by atoms with E-state index >= 15 is 0 Å². The largest absolute Gasteiger partial charge is 0.508 e. The van der Waals surface area contributed by atoms with Crippen molar-refractivity contribution in [2.24, 2.45) is 11.8 Å². The Morgan fingerprint density at radius 3 is 1.78 bits per heavy atom. The number of phenolic OH excluding ortho intramolecular Hbond substituents is 1. The van der Waals surface area contributed by atoms with Crippen molar-refractivity contribution in [1.29, 1.82) is 0 Å². The van der Waals surface area contributed by atoms with Crippen molar-refractivity contribution in [1.82, 2.24) is 0 Å². The minimum atomic E-state index is 0.387. The number of hydrogen-bond donors (Lipinski definition) is 1. The summed E-state index contributed by atoms with van der Waals surface area (Å²) in [6.45, 7) is 2.27. The molecule has 0 saturated carbocycles. The van der Waals surface area contributed by atoms with Crippen LogP contribution in [0.25, 0.3) is 12.2 Å². The lowest BCUT2D eigenvalue weighted by atomic mass is 9.87. The fourth-order valence-electron chi connectivity index (χ4n) is 4.09. The van der Waals surface area contributed by atoms with Crippen LogP contribution < -0.4 is 0 Å². The molecule has 1 heteroatoms. The molecule has 32 heavy (non-hydrogen) atoms. The predicted molar refractivity (Wildman–Crippen MR) is 139 cm³/mol. The molecule has 0 aliphatic carbocycles. The van der Waals surface area contributed by atoms with E-state index in [0.717, 1.165) is 24.8 Å². The van der Waals surface area contributed by atoms with Crippen LogP contribution in [0.5, 0.6) is 5.75 Å². The zero-order chi connectivity index (χ0) is 22.4. The van der Waals surface area contributed by atoms with E-state index in [-0.39, 0.29) is 0 Å². The molecule has 3 aromatic rings. The maximum Gasteiger partial charge on any atom is 0.118 e. The summed E-state index contributed by atoms with van der Waals surface area (Å²) in [6, 6.07) is 28.8. The normalized spacial score (nSPS) is 13.5. The molecule has 166 valence electrons. The van der Waals surface area contributed by atoms with Crippen molar-refractivity contribution in [3.63, 3.8) is 0 Å². The highest BCUT2D eigenvalue weighted by Crippen LogP contribution is 2.27. The number of phenols is 1. The fraction of sp³-hybridized carbons (Fsp3) is 0.290. The molecule has 1 N–H and O–H groups in total. The van der Waals surface area contributed by atoms with Gasteiger partial charge in [0.15, 0.2) is 0 Å². The first-order chi connectivity index (χ1) is 15.7.